The molecule has 0 heterocycles. The van der Waals surface area contributed by atoms with Crippen LogP contribution in [0.3, 0.4) is 0 Å². The summed E-state index contributed by atoms with van der Waals surface area (Å²) in [7, 11) is 0. The van der Waals surface area contributed by atoms with Gasteiger partial charge >= 0.3 is 0 Å². The zero-order valence-corrected chi connectivity index (χ0v) is 7.08. The molecule has 0 aromatic carbocycles. The van der Waals surface area contributed by atoms with Crippen molar-refractivity contribution < 1.29 is 9.90 Å². The summed E-state index contributed by atoms with van der Waals surface area (Å²) in [6.45, 7) is 1.58. The Kier molecular flexibility index (Phi) is 5.09. The van der Waals surface area contributed by atoms with Crippen LogP contribution >= 0.6 is 0 Å². The summed E-state index contributed by atoms with van der Waals surface area (Å²) in [4.78, 5) is 11.1. The third kappa shape index (κ3) is 3.96. The highest BCUT2D eigenvalue weighted by molar-refractivity contribution is 5.82. The van der Waals surface area contributed by atoms with Gasteiger partial charge in [-0.1, -0.05) is 0 Å². The first kappa shape index (κ1) is 11.0. The van der Waals surface area contributed by atoms with Crippen molar-refractivity contribution in [1.29, 1.82) is 0 Å². The fourth-order valence-electron chi connectivity index (χ4n) is 0.615. The standard InChI is InChI=1S/C8H14N2O2/c1-3-4-7(9)8(12)10-6(2)5-11/h1,6-7,11H,4-5,9H2,2H3,(H,10,12)/t6-,7?/m1/s1. The van der Waals surface area contributed by atoms with Crippen LogP contribution in [-0.4, -0.2) is 29.7 Å². The van der Waals surface area contributed by atoms with Crippen molar-refractivity contribution in [2.75, 3.05) is 6.61 Å². The lowest BCUT2D eigenvalue weighted by atomic mass is 10.2. The van der Waals surface area contributed by atoms with Gasteiger partial charge in [-0.3, -0.25) is 4.79 Å². The molecule has 12 heavy (non-hydrogen) atoms. The van der Waals surface area contributed by atoms with E-state index in [1.807, 2.05) is 0 Å². The summed E-state index contributed by atoms with van der Waals surface area (Å²) >= 11 is 0. The van der Waals surface area contributed by atoms with E-state index >= 15 is 0 Å². The third-order valence-corrected chi connectivity index (χ3v) is 1.34. The summed E-state index contributed by atoms with van der Waals surface area (Å²) in [6.07, 6.45) is 5.18. The van der Waals surface area contributed by atoms with E-state index in [2.05, 4.69) is 11.2 Å². The lowest BCUT2D eigenvalue weighted by molar-refractivity contribution is -0.123. The van der Waals surface area contributed by atoms with E-state index in [1.54, 1.807) is 6.92 Å². The smallest absolute Gasteiger partial charge is 0.238 e. The molecule has 4 heteroatoms. The van der Waals surface area contributed by atoms with Crippen LogP contribution in [0.5, 0.6) is 0 Å². The maximum atomic E-state index is 11.1. The maximum absolute atomic E-state index is 11.1. The number of hydrogen-bond acceptors (Lipinski definition) is 3. The van der Waals surface area contributed by atoms with E-state index in [0.29, 0.717) is 0 Å². The van der Waals surface area contributed by atoms with E-state index < -0.39 is 6.04 Å². The number of amides is 1. The second-order valence-electron chi connectivity index (χ2n) is 2.61. The van der Waals surface area contributed by atoms with Crippen molar-refractivity contribution in [1.82, 2.24) is 5.32 Å². The molecule has 2 atom stereocenters. The molecule has 0 fully saturated rings. The topological polar surface area (TPSA) is 75.4 Å². The minimum absolute atomic E-state index is 0.103. The number of carbonyl (C=O) groups excluding carboxylic acids is 1. The summed E-state index contributed by atoms with van der Waals surface area (Å²) in [5.74, 6) is 1.97. The van der Waals surface area contributed by atoms with Gasteiger partial charge in [0.25, 0.3) is 0 Å². The highest BCUT2D eigenvalue weighted by Gasteiger charge is 2.13. The van der Waals surface area contributed by atoms with Crippen LogP contribution in [0.2, 0.25) is 0 Å². The van der Waals surface area contributed by atoms with Gasteiger partial charge in [-0.15, -0.1) is 12.3 Å². The molecule has 4 N–H and O–H groups in total. The zero-order valence-electron chi connectivity index (χ0n) is 7.08. The first-order valence-electron chi connectivity index (χ1n) is 3.72. The van der Waals surface area contributed by atoms with Gasteiger partial charge < -0.3 is 16.2 Å². The Morgan fingerprint density at radius 3 is 2.83 bits per heavy atom. The Labute approximate surface area is 72.1 Å². The quantitative estimate of drug-likeness (QED) is 0.465. The number of aliphatic hydroxyl groups excluding tert-OH is 1. The van der Waals surface area contributed by atoms with Crippen LogP contribution in [0, 0.1) is 12.3 Å². The van der Waals surface area contributed by atoms with E-state index in [4.69, 9.17) is 17.3 Å². The van der Waals surface area contributed by atoms with Crippen LogP contribution in [-0.2, 0) is 4.79 Å². The normalized spacial score (nSPS) is 14.5. The number of hydrogen-bond donors (Lipinski definition) is 3. The largest absolute Gasteiger partial charge is 0.394 e. The molecule has 0 aromatic rings. The molecule has 0 spiro atoms. The van der Waals surface area contributed by atoms with E-state index in [1.165, 1.54) is 0 Å². The second kappa shape index (κ2) is 5.58. The summed E-state index contributed by atoms with van der Waals surface area (Å²) in [6, 6.07) is -0.953. The third-order valence-electron chi connectivity index (χ3n) is 1.34. The Bertz CT molecular complexity index is 186. The second-order valence-corrected chi connectivity index (χ2v) is 2.61. The van der Waals surface area contributed by atoms with Crippen molar-refractivity contribution in [3.05, 3.63) is 0 Å². The first-order valence-corrected chi connectivity index (χ1v) is 3.72. The van der Waals surface area contributed by atoms with Gasteiger partial charge in [0, 0.05) is 12.5 Å². The number of nitrogens with one attached hydrogen (secondary N) is 1. The van der Waals surface area contributed by atoms with Gasteiger partial charge in [0.1, 0.15) is 0 Å². The molecule has 68 valence electrons. The number of rotatable bonds is 4. The molecule has 0 saturated heterocycles. The van der Waals surface area contributed by atoms with Gasteiger partial charge in [0.2, 0.25) is 5.91 Å². The molecule has 0 bridgehead atoms. The minimum Gasteiger partial charge on any atom is -0.394 e. The Morgan fingerprint density at radius 1 is 1.83 bits per heavy atom. The molecule has 0 aliphatic rings. The monoisotopic (exact) mass is 170 g/mol. The fourth-order valence-corrected chi connectivity index (χ4v) is 0.615. The molecule has 0 saturated carbocycles. The summed E-state index contributed by atoms with van der Waals surface area (Å²) < 4.78 is 0. The predicted octanol–water partition coefficient (Wildman–Crippen LogP) is -1.17. The van der Waals surface area contributed by atoms with Crippen molar-refractivity contribution in [2.45, 2.75) is 25.4 Å². The van der Waals surface area contributed by atoms with Gasteiger partial charge in [0.05, 0.1) is 12.6 Å². The molecule has 1 amide bonds. The average Bonchev–Trinajstić information content (AvgIpc) is 2.04. The van der Waals surface area contributed by atoms with E-state index in [-0.39, 0.29) is 25.0 Å². The maximum Gasteiger partial charge on any atom is 0.238 e. The van der Waals surface area contributed by atoms with Gasteiger partial charge in [-0.2, -0.15) is 0 Å². The Morgan fingerprint density at radius 2 is 2.42 bits per heavy atom. The Hall–Kier alpha value is -1.05. The number of carbonyl (C=O) groups is 1. The summed E-state index contributed by atoms with van der Waals surface area (Å²) in [5.41, 5.74) is 5.39. The molecular weight excluding hydrogens is 156 g/mol. The van der Waals surface area contributed by atoms with Crippen molar-refractivity contribution in [3.8, 4) is 12.3 Å². The fraction of sp³-hybridized carbons (Fsp3) is 0.625. The van der Waals surface area contributed by atoms with Crippen molar-refractivity contribution >= 4 is 5.91 Å². The molecule has 0 rings (SSSR count). The van der Waals surface area contributed by atoms with Crippen LogP contribution < -0.4 is 11.1 Å². The summed E-state index contributed by atoms with van der Waals surface area (Å²) in [5, 5.41) is 11.1. The highest BCUT2D eigenvalue weighted by Crippen LogP contribution is 1.87. The molecule has 0 aliphatic heterocycles. The Balaban J connectivity index is 3.80. The molecule has 4 nitrogen and oxygen atoms in total. The van der Waals surface area contributed by atoms with Crippen LogP contribution in [0.25, 0.3) is 0 Å². The van der Waals surface area contributed by atoms with Crippen LogP contribution in [0.4, 0.5) is 0 Å². The predicted molar refractivity (Wildman–Crippen MR) is 46.1 cm³/mol. The SMILES string of the molecule is C#CCC(N)C(=O)N[C@H](C)CO. The molecule has 1 unspecified atom stereocenters. The molecule has 0 radical (unpaired) electrons. The van der Waals surface area contributed by atoms with Gasteiger partial charge in [-0.05, 0) is 6.92 Å². The van der Waals surface area contributed by atoms with Crippen molar-refractivity contribution in [2.24, 2.45) is 5.73 Å². The number of aliphatic hydroxyl groups is 1. The van der Waals surface area contributed by atoms with E-state index in [0.717, 1.165) is 0 Å². The molecular formula is C8H14N2O2. The minimum atomic E-state index is -0.677. The molecule has 0 aliphatic carbocycles. The van der Waals surface area contributed by atoms with Gasteiger partial charge in [0.15, 0.2) is 0 Å². The zero-order chi connectivity index (χ0) is 9.56. The van der Waals surface area contributed by atoms with Crippen LogP contribution in [0.1, 0.15) is 13.3 Å². The lowest BCUT2D eigenvalue weighted by Gasteiger charge is -2.13. The highest BCUT2D eigenvalue weighted by atomic mass is 16.3. The van der Waals surface area contributed by atoms with E-state index in [9.17, 15) is 4.79 Å². The van der Waals surface area contributed by atoms with Crippen LogP contribution in [0.15, 0.2) is 0 Å². The van der Waals surface area contributed by atoms with Crippen molar-refractivity contribution in [3.63, 3.8) is 0 Å². The lowest BCUT2D eigenvalue weighted by Crippen LogP contribution is -2.45. The van der Waals surface area contributed by atoms with Gasteiger partial charge in [-0.25, -0.2) is 0 Å². The first-order chi connectivity index (χ1) is 5.61. The average molecular weight is 170 g/mol. The molecule has 0 aromatic heterocycles. The number of terminal acetylenes is 1. The number of nitrogens with two attached hydrogens (primary N) is 1.